The Morgan fingerprint density at radius 3 is 2.38 bits per heavy atom. The summed E-state index contributed by atoms with van der Waals surface area (Å²) in [4.78, 5) is 27.4. The maximum atomic E-state index is 13.0. The average molecular weight is 547 g/mol. The number of carbonyl (C=O) groups excluding carboxylic acids is 2. The summed E-state index contributed by atoms with van der Waals surface area (Å²) in [6.45, 7) is 8.47. The lowest BCUT2D eigenvalue weighted by molar-refractivity contribution is -0.116. The largest absolute Gasteiger partial charge is 0.322 e. The van der Waals surface area contributed by atoms with Gasteiger partial charge in [-0.25, -0.2) is 9.48 Å². The van der Waals surface area contributed by atoms with Crippen LogP contribution in [0.4, 0.5) is 16.3 Å². The van der Waals surface area contributed by atoms with Crippen molar-refractivity contribution in [2.24, 2.45) is 0 Å². The van der Waals surface area contributed by atoms with Crippen molar-refractivity contribution < 1.29 is 9.59 Å². The van der Waals surface area contributed by atoms with Gasteiger partial charge in [-0.15, -0.1) is 0 Å². The molecule has 0 atom stereocenters. The van der Waals surface area contributed by atoms with Gasteiger partial charge in [-0.3, -0.25) is 4.79 Å². The van der Waals surface area contributed by atoms with Crippen LogP contribution < -0.4 is 10.6 Å². The van der Waals surface area contributed by atoms with Crippen molar-refractivity contribution in [2.75, 3.05) is 23.7 Å². The first kappa shape index (κ1) is 25.8. The monoisotopic (exact) mass is 545 g/mol. The summed E-state index contributed by atoms with van der Waals surface area (Å²) in [5.74, 6) is 0.214. The first-order valence-corrected chi connectivity index (χ1v) is 12.2. The summed E-state index contributed by atoms with van der Waals surface area (Å²) >= 11 is 9.47. The van der Waals surface area contributed by atoms with E-state index in [0.29, 0.717) is 29.5 Å². The number of halogens is 2. The van der Waals surface area contributed by atoms with E-state index in [-0.39, 0.29) is 23.9 Å². The number of carbonyl (C=O) groups is 2. The van der Waals surface area contributed by atoms with Crippen LogP contribution in [0.2, 0.25) is 5.02 Å². The minimum absolute atomic E-state index is 0.0965. The van der Waals surface area contributed by atoms with E-state index in [4.69, 9.17) is 16.7 Å². The van der Waals surface area contributed by atoms with Crippen LogP contribution in [0.25, 0.3) is 5.69 Å². The predicted molar refractivity (Wildman–Crippen MR) is 141 cm³/mol. The number of anilines is 2. The Bertz CT molecular complexity index is 1150. The number of para-hydroxylation sites is 1. The summed E-state index contributed by atoms with van der Waals surface area (Å²) < 4.78 is 2.45. The SMILES string of the molecule is CCCN(CC(=O)Nc1cc(C(C)(C)C)nn1-c1ccc(Cl)cc1)C(=O)Nc1ccccc1Br. The Balaban J connectivity index is 1.80. The molecule has 0 saturated carbocycles. The van der Waals surface area contributed by atoms with Gasteiger partial charge in [0, 0.05) is 27.5 Å². The summed E-state index contributed by atoms with van der Waals surface area (Å²) in [6.07, 6.45) is 0.716. The molecule has 3 aromatic rings. The van der Waals surface area contributed by atoms with Gasteiger partial charge in [0.05, 0.1) is 17.1 Å². The molecule has 2 aromatic carbocycles. The van der Waals surface area contributed by atoms with Crippen molar-refractivity contribution in [3.63, 3.8) is 0 Å². The van der Waals surface area contributed by atoms with Gasteiger partial charge in [0.25, 0.3) is 0 Å². The highest BCUT2D eigenvalue weighted by Crippen LogP contribution is 2.27. The highest BCUT2D eigenvalue weighted by atomic mass is 79.9. The van der Waals surface area contributed by atoms with Crippen LogP contribution in [-0.4, -0.2) is 39.7 Å². The lowest BCUT2D eigenvalue weighted by Crippen LogP contribution is -2.41. The van der Waals surface area contributed by atoms with E-state index in [2.05, 4.69) is 47.3 Å². The Morgan fingerprint density at radius 1 is 1.09 bits per heavy atom. The van der Waals surface area contributed by atoms with Crippen LogP contribution >= 0.6 is 27.5 Å². The van der Waals surface area contributed by atoms with Gasteiger partial charge in [0.15, 0.2) is 0 Å². The Labute approximate surface area is 213 Å². The van der Waals surface area contributed by atoms with Gasteiger partial charge in [-0.2, -0.15) is 5.10 Å². The van der Waals surface area contributed by atoms with Crippen LogP contribution in [-0.2, 0) is 10.2 Å². The molecule has 3 amide bonds. The summed E-state index contributed by atoms with van der Waals surface area (Å²) in [5, 5.41) is 11.1. The molecule has 0 unspecified atom stereocenters. The van der Waals surface area contributed by atoms with Crippen molar-refractivity contribution >= 4 is 51.0 Å². The van der Waals surface area contributed by atoms with Gasteiger partial charge < -0.3 is 15.5 Å². The second-order valence-corrected chi connectivity index (χ2v) is 10.2. The molecular weight excluding hydrogens is 518 g/mol. The molecule has 3 rings (SSSR count). The average Bonchev–Trinajstić information content (AvgIpc) is 3.19. The molecule has 34 heavy (non-hydrogen) atoms. The molecule has 9 heteroatoms. The van der Waals surface area contributed by atoms with Gasteiger partial charge in [-0.05, 0) is 58.7 Å². The molecule has 1 heterocycles. The van der Waals surface area contributed by atoms with Crippen molar-refractivity contribution in [1.82, 2.24) is 14.7 Å². The molecule has 0 aliphatic heterocycles. The third-order valence-corrected chi connectivity index (χ3v) is 5.99. The quantitative estimate of drug-likeness (QED) is 0.356. The number of urea groups is 1. The molecule has 180 valence electrons. The Kier molecular flexibility index (Phi) is 8.38. The zero-order valence-corrected chi connectivity index (χ0v) is 22.1. The topological polar surface area (TPSA) is 79.3 Å². The lowest BCUT2D eigenvalue weighted by atomic mass is 9.92. The van der Waals surface area contributed by atoms with Crippen molar-refractivity contribution in [2.45, 2.75) is 39.5 Å². The van der Waals surface area contributed by atoms with Crippen molar-refractivity contribution in [3.05, 3.63) is 69.8 Å². The number of hydrogen-bond donors (Lipinski definition) is 2. The fourth-order valence-corrected chi connectivity index (χ4v) is 3.76. The molecule has 7 nitrogen and oxygen atoms in total. The second kappa shape index (κ2) is 11.1. The normalized spacial score (nSPS) is 11.2. The third-order valence-electron chi connectivity index (χ3n) is 5.05. The van der Waals surface area contributed by atoms with E-state index >= 15 is 0 Å². The number of hydrogen-bond acceptors (Lipinski definition) is 3. The molecular formula is C25H29BrClN5O2. The molecule has 2 N–H and O–H groups in total. The smallest absolute Gasteiger partial charge is 0.315 e. The minimum Gasteiger partial charge on any atom is -0.315 e. The number of nitrogens with zero attached hydrogens (tertiary/aromatic N) is 3. The fraction of sp³-hybridized carbons (Fsp3) is 0.320. The zero-order chi connectivity index (χ0) is 24.9. The number of amides is 3. The molecule has 0 bridgehead atoms. The van der Waals surface area contributed by atoms with Crippen molar-refractivity contribution in [3.8, 4) is 5.69 Å². The minimum atomic E-state index is -0.342. The van der Waals surface area contributed by atoms with E-state index in [1.807, 2.05) is 43.3 Å². The van der Waals surface area contributed by atoms with E-state index in [0.717, 1.165) is 15.9 Å². The van der Waals surface area contributed by atoms with Gasteiger partial charge in [-0.1, -0.05) is 51.4 Å². The highest BCUT2D eigenvalue weighted by molar-refractivity contribution is 9.10. The van der Waals surface area contributed by atoms with Gasteiger partial charge in [0.1, 0.15) is 12.4 Å². The van der Waals surface area contributed by atoms with E-state index in [9.17, 15) is 9.59 Å². The van der Waals surface area contributed by atoms with Crippen LogP contribution in [0.1, 0.15) is 39.8 Å². The second-order valence-electron chi connectivity index (χ2n) is 8.93. The molecule has 0 aliphatic carbocycles. The molecule has 0 aliphatic rings. The third kappa shape index (κ3) is 6.61. The predicted octanol–water partition coefficient (Wildman–Crippen LogP) is 6.47. The lowest BCUT2D eigenvalue weighted by Gasteiger charge is -2.22. The Morgan fingerprint density at radius 2 is 1.76 bits per heavy atom. The van der Waals surface area contributed by atoms with Crippen LogP contribution in [0.15, 0.2) is 59.1 Å². The molecule has 0 spiro atoms. The molecule has 0 radical (unpaired) electrons. The van der Waals surface area contributed by atoms with Gasteiger partial charge in [0.2, 0.25) is 5.91 Å². The molecule has 0 saturated heterocycles. The maximum Gasteiger partial charge on any atom is 0.322 e. The summed E-state index contributed by atoms with van der Waals surface area (Å²) in [5.41, 5.74) is 2.03. The number of aromatic nitrogens is 2. The van der Waals surface area contributed by atoms with E-state index < -0.39 is 0 Å². The summed E-state index contributed by atoms with van der Waals surface area (Å²) in [6, 6.07) is 16.1. The maximum absolute atomic E-state index is 13.0. The number of nitrogens with one attached hydrogen (secondary N) is 2. The fourth-order valence-electron chi connectivity index (χ4n) is 3.25. The van der Waals surface area contributed by atoms with Crippen LogP contribution in [0.3, 0.4) is 0 Å². The van der Waals surface area contributed by atoms with Gasteiger partial charge >= 0.3 is 6.03 Å². The van der Waals surface area contributed by atoms with Crippen LogP contribution in [0, 0.1) is 0 Å². The number of rotatable bonds is 7. The summed E-state index contributed by atoms with van der Waals surface area (Å²) in [7, 11) is 0. The number of benzene rings is 2. The molecule has 1 aromatic heterocycles. The van der Waals surface area contributed by atoms with E-state index in [1.54, 1.807) is 22.9 Å². The van der Waals surface area contributed by atoms with Crippen molar-refractivity contribution in [1.29, 1.82) is 0 Å². The van der Waals surface area contributed by atoms with Crippen LogP contribution in [0.5, 0.6) is 0 Å². The first-order valence-electron chi connectivity index (χ1n) is 11.0. The first-order chi connectivity index (χ1) is 16.1. The zero-order valence-electron chi connectivity index (χ0n) is 19.7. The molecule has 0 fully saturated rings. The standard InChI is InChI=1S/C25H29BrClN5O2/c1-5-14-31(24(34)28-20-9-7-6-8-19(20)26)16-23(33)29-22-15-21(25(2,3)4)30-32(22)18-12-10-17(27)11-13-18/h6-13,15H,5,14,16H2,1-4H3,(H,28,34)(H,29,33). The highest BCUT2D eigenvalue weighted by Gasteiger charge is 2.23. The van der Waals surface area contributed by atoms with E-state index in [1.165, 1.54) is 4.90 Å². The Hall–Kier alpha value is -2.84.